The van der Waals surface area contributed by atoms with E-state index >= 15 is 0 Å². The number of nitrogens with zero attached hydrogens (tertiary/aromatic N) is 1. The Morgan fingerprint density at radius 3 is 2.48 bits per heavy atom. The highest BCUT2D eigenvalue weighted by Gasteiger charge is 2.42. The van der Waals surface area contributed by atoms with E-state index < -0.39 is 0 Å². The van der Waals surface area contributed by atoms with Crippen molar-refractivity contribution in [2.24, 2.45) is 5.41 Å². The van der Waals surface area contributed by atoms with Gasteiger partial charge in [0.1, 0.15) is 5.75 Å². The van der Waals surface area contributed by atoms with Crippen LogP contribution in [0.3, 0.4) is 0 Å². The van der Waals surface area contributed by atoms with Gasteiger partial charge in [-0.2, -0.15) is 0 Å². The number of rotatable bonds is 4. The summed E-state index contributed by atoms with van der Waals surface area (Å²) in [6.07, 6.45) is 8.43. The van der Waals surface area contributed by atoms with Gasteiger partial charge in [-0.3, -0.25) is 0 Å². The first-order chi connectivity index (χ1) is 10.3. The fourth-order valence-corrected chi connectivity index (χ4v) is 3.92. The predicted octanol–water partition coefficient (Wildman–Crippen LogP) is 3.74. The zero-order valence-corrected chi connectivity index (χ0v) is 13.1. The lowest BCUT2D eigenvalue weighted by molar-refractivity contribution is 0.180. The van der Waals surface area contributed by atoms with Gasteiger partial charge < -0.3 is 14.7 Å². The van der Waals surface area contributed by atoms with E-state index in [1.807, 2.05) is 13.0 Å². The first-order valence-electron chi connectivity index (χ1n) is 8.38. The van der Waals surface area contributed by atoms with Crippen molar-refractivity contribution in [2.75, 3.05) is 24.6 Å². The van der Waals surface area contributed by atoms with Gasteiger partial charge in [-0.25, -0.2) is 0 Å². The van der Waals surface area contributed by atoms with Gasteiger partial charge in [-0.15, -0.1) is 0 Å². The molecule has 0 radical (unpaired) electrons. The van der Waals surface area contributed by atoms with E-state index in [2.05, 4.69) is 17.0 Å². The van der Waals surface area contributed by atoms with Crippen LogP contribution < -0.4 is 9.64 Å². The molecule has 1 aliphatic carbocycles. The minimum atomic E-state index is 0.0438. The van der Waals surface area contributed by atoms with Crippen molar-refractivity contribution in [3.8, 4) is 5.75 Å². The van der Waals surface area contributed by atoms with Gasteiger partial charge in [0.15, 0.2) is 0 Å². The second-order valence-corrected chi connectivity index (χ2v) is 6.65. The average molecular weight is 289 g/mol. The molecule has 0 amide bonds. The van der Waals surface area contributed by atoms with Crippen molar-refractivity contribution >= 4 is 5.69 Å². The highest BCUT2D eigenvalue weighted by molar-refractivity contribution is 5.55. The molecule has 1 N–H and O–H groups in total. The molecule has 0 unspecified atom stereocenters. The van der Waals surface area contributed by atoms with Crippen LogP contribution in [0.1, 0.15) is 51.0 Å². The van der Waals surface area contributed by atoms with Crippen molar-refractivity contribution in [2.45, 2.75) is 52.1 Å². The Morgan fingerprint density at radius 2 is 1.86 bits per heavy atom. The SMILES string of the molecule is CCOc1ccc(N2CC3(CCCCCC3)C2)cc1CO. The van der Waals surface area contributed by atoms with Gasteiger partial charge in [0.2, 0.25) is 0 Å². The van der Waals surface area contributed by atoms with Gasteiger partial charge in [0, 0.05) is 29.8 Å². The van der Waals surface area contributed by atoms with Crippen molar-refractivity contribution in [1.29, 1.82) is 0 Å². The monoisotopic (exact) mass is 289 g/mol. The number of hydrogen-bond donors (Lipinski definition) is 1. The van der Waals surface area contributed by atoms with E-state index in [4.69, 9.17) is 4.74 Å². The highest BCUT2D eigenvalue weighted by atomic mass is 16.5. The molecule has 2 aliphatic rings. The smallest absolute Gasteiger partial charge is 0.124 e. The maximum absolute atomic E-state index is 9.52. The lowest BCUT2D eigenvalue weighted by Gasteiger charge is -2.51. The first-order valence-corrected chi connectivity index (χ1v) is 8.38. The molecule has 0 atom stereocenters. The van der Waals surface area contributed by atoms with E-state index in [-0.39, 0.29) is 6.61 Å². The standard InChI is InChI=1S/C18H27NO2/c1-2-21-17-8-7-16(11-15(17)12-20)19-13-18(14-19)9-5-3-4-6-10-18/h7-8,11,20H,2-6,9-10,12-14H2,1H3. The minimum absolute atomic E-state index is 0.0438. The number of aliphatic hydroxyl groups excluding tert-OH is 1. The number of hydrogen-bond acceptors (Lipinski definition) is 3. The lowest BCUT2D eigenvalue weighted by Crippen LogP contribution is -2.56. The molecule has 21 heavy (non-hydrogen) atoms. The van der Waals surface area contributed by atoms with Crippen LogP contribution in [0.5, 0.6) is 5.75 Å². The van der Waals surface area contributed by atoms with Crippen LogP contribution in [0.2, 0.25) is 0 Å². The molecule has 1 aromatic carbocycles. The Kier molecular flexibility index (Phi) is 4.39. The second-order valence-electron chi connectivity index (χ2n) is 6.65. The van der Waals surface area contributed by atoms with Crippen molar-refractivity contribution in [1.82, 2.24) is 0 Å². The van der Waals surface area contributed by atoms with Crippen LogP contribution in [-0.4, -0.2) is 24.8 Å². The molecule has 0 aromatic heterocycles. The molecule has 1 aromatic rings. The fourth-order valence-electron chi connectivity index (χ4n) is 3.92. The molecular formula is C18H27NO2. The Balaban J connectivity index is 1.68. The van der Waals surface area contributed by atoms with Crippen LogP contribution in [0.25, 0.3) is 0 Å². The predicted molar refractivity (Wildman–Crippen MR) is 85.9 cm³/mol. The van der Waals surface area contributed by atoms with Gasteiger partial charge in [-0.1, -0.05) is 25.7 Å². The van der Waals surface area contributed by atoms with Crippen LogP contribution in [0.15, 0.2) is 18.2 Å². The Morgan fingerprint density at radius 1 is 1.14 bits per heavy atom. The molecular weight excluding hydrogens is 262 g/mol. The van der Waals surface area contributed by atoms with E-state index in [1.54, 1.807) is 0 Å². The van der Waals surface area contributed by atoms with Gasteiger partial charge >= 0.3 is 0 Å². The lowest BCUT2D eigenvalue weighted by atomic mass is 9.73. The minimum Gasteiger partial charge on any atom is -0.494 e. The van der Waals surface area contributed by atoms with Crippen LogP contribution in [0.4, 0.5) is 5.69 Å². The number of benzene rings is 1. The third-order valence-electron chi connectivity index (χ3n) is 5.10. The van der Waals surface area contributed by atoms with Gasteiger partial charge in [-0.05, 0) is 38.0 Å². The summed E-state index contributed by atoms with van der Waals surface area (Å²) < 4.78 is 5.56. The third-order valence-corrected chi connectivity index (χ3v) is 5.10. The van der Waals surface area contributed by atoms with Crippen molar-refractivity contribution in [3.63, 3.8) is 0 Å². The van der Waals surface area contributed by atoms with E-state index in [0.717, 1.165) is 11.3 Å². The summed E-state index contributed by atoms with van der Waals surface area (Å²) in [5, 5.41) is 9.52. The Bertz CT molecular complexity index is 470. The fraction of sp³-hybridized carbons (Fsp3) is 0.667. The number of aliphatic hydroxyl groups is 1. The zero-order chi connectivity index (χ0) is 14.7. The third kappa shape index (κ3) is 3.03. The molecule has 2 fully saturated rings. The maximum atomic E-state index is 9.52. The molecule has 1 saturated heterocycles. The summed E-state index contributed by atoms with van der Waals surface area (Å²) in [5.74, 6) is 0.813. The summed E-state index contributed by atoms with van der Waals surface area (Å²) in [7, 11) is 0. The summed E-state index contributed by atoms with van der Waals surface area (Å²) in [6.45, 7) is 5.03. The molecule has 1 saturated carbocycles. The van der Waals surface area contributed by atoms with Crippen molar-refractivity contribution in [3.05, 3.63) is 23.8 Å². The van der Waals surface area contributed by atoms with Crippen LogP contribution in [0, 0.1) is 5.41 Å². The average Bonchev–Trinajstić information content (AvgIpc) is 2.72. The van der Waals surface area contributed by atoms with E-state index in [0.29, 0.717) is 12.0 Å². The summed E-state index contributed by atoms with van der Waals surface area (Å²) in [5.41, 5.74) is 2.71. The molecule has 3 rings (SSSR count). The zero-order valence-electron chi connectivity index (χ0n) is 13.1. The quantitative estimate of drug-likeness (QED) is 0.916. The number of ether oxygens (including phenoxy) is 1. The van der Waals surface area contributed by atoms with Crippen LogP contribution in [-0.2, 0) is 6.61 Å². The molecule has 3 heteroatoms. The van der Waals surface area contributed by atoms with Gasteiger partial charge in [0.05, 0.1) is 13.2 Å². The van der Waals surface area contributed by atoms with Gasteiger partial charge in [0.25, 0.3) is 0 Å². The maximum Gasteiger partial charge on any atom is 0.124 e. The first kappa shape index (κ1) is 14.7. The summed E-state index contributed by atoms with van der Waals surface area (Å²) in [6, 6.07) is 6.23. The molecule has 1 spiro atoms. The van der Waals surface area contributed by atoms with Crippen LogP contribution >= 0.6 is 0 Å². The molecule has 116 valence electrons. The molecule has 0 bridgehead atoms. The summed E-state index contributed by atoms with van der Waals surface area (Å²) >= 11 is 0. The topological polar surface area (TPSA) is 32.7 Å². The molecule has 3 nitrogen and oxygen atoms in total. The molecule has 1 heterocycles. The second kappa shape index (κ2) is 6.27. The Labute approximate surface area is 127 Å². The number of anilines is 1. The van der Waals surface area contributed by atoms with E-state index in [1.165, 1.54) is 57.3 Å². The summed E-state index contributed by atoms with van der Waals surface area (Å²) in [4.78, 5) is 2.46. The normalized spacial score (nSPS) is 21.0. The Hall–Kier alpha value is -1.22. The van der Waals surface area contributed by atoms with Crippen molar-refractivity contribution < 1.29 is 9.84 Å². The van der Waals surface area contributed by atoms with E-state index in [9.17, 15) is 5.11 Å². The highest BCUT2D eigenvalue weighted by Crippen LogP contribution is 2.45. The largest absolute Gasteiger partial charge is 0.494 e. The molecule has 1 aliphatic heterocycles.